The van der Waals surface area contributed by atoms with Crippen molar-refractivity contribution in [2.24, 2.45) is 11.7 Å². The second kappa shape index (κ2) is 6.24. The number of methoxy groups -OCH3 is 1. The molecule has 2 nitrogen and oxygen atoms in total. The van der Waals surface area contributed by atoms with Crippen LogP contribution < -0.4 is 5.73 Å². The van der Waals surface area contributed by atoms with Gasteiger partial charge in [-0.3, -0.25) is 0 Å². The Bertz CT molecular complexity index is 327. The Morgan fingerprint density at radius 1 is 1.38 bits per heavy atom. The molecule has 0 amide bonds. The summed E-state index contributed by atoms with van der Waals surface area (Å²) in [7, 11) is 1.71. The highest BCUT2D eigenvalue weighted by molar-refractivity contribution is 6.30. The van der Waals surface area contributed by atoms with E-state index in [9.17, 15) is 0 Å². The average Bonchev–Trinajstić information content (AvgIpc) is 2.17. The highest BCUT2D eigenvalue weighted by Gasteiger charge is 2.20. The van der Waals surface area contributed by atoms with Gasteiger partial charge in [0, 0.05) is 18.2 Å². The molecule has 0 spiro atoms. The third-order valence-electron chi connectivity index (χ3n) is 2.71. The highest BCUT2D eigenvalue weighted by Crippen LogP contribution is 2.16. The summed E-state index contributed by atoms with van der Waals surface area (Å²) in [6.07, 6.45) is 0.871. The highest BCUT2D eigenvalue weighted by atomic mass is 35.5. The van der Waals surface area contributed by atoms with Crippen LogP contribution in [0.15, 0.2) is 24.3 Å². The first-order valence-electron chi connectivity index (χ1n) is 5.57. The van der Waals surface area contributed by atoms with Gasteiger partial charge in [0.05, 0.1) is 6.10 Å². The number of hydrogen-bond acceptors (Lipinski definition) is 2. The minimum atomic E-state index is 0.00321. The van der Waals surface area contributed by atoms with Crippen molar-refractivity contribution in [3.05, 3.63) is 34.9 Å². The maximum Gasteiger partial charge on any atom is 0.0748 e. The topological polar surface area (TPSA) is 35.2 Å². The molecule has 0 aromatic heterocycles. The van der Waals surface area contributed by atoms with Crippen molar-refractivity contribution < 1.29 is 4.74 Å². The zero-order chi connectivity index (χ0) is 12.1. The molecule has 1 aromatic carbocycles. The summed E-state index contributed by atoms with van der Waals surface area (Å²) in [6.45, 7) is 4.23. The molecule has 90 valence electrons. The average molecular weight is 242 g/mol. The standard InChI is InChI=1S/C13H20ClNO/c1-9(2)13(16-3)12(15)8-10-5-4-6-11(14)7-10/h4-7,9,12-13H,8,15H2,1-3H3. The van der Waals surface area contributed by atoms with Gasteiger partial charge in [-0.05, 0) is 30.0 Å². The van der Waals surface area contributed by atoms with Gasteiger partial charge in [-0.1, -0.05) is 37.6 Å². The molecule has 0 aliphatic heterocycles. The van der Waals surface area contributed by atoms with Crippen LogP contribution in [0.5, 0.6) is 0 Å². The molecule has 0 radical (unpaired) electrons. The Balaban J connectivity index is 2.66. The molecule has 0 aliphatic carbocycles. The largest absolute Gasteiger partial charge is 0.380 e. The first-order valence-corrected chi connectivity index (χ1v) is 5.95. The summed E-state index contributed by atoms with van der Waals surface area (Å²) < 4.78 is 5.42. The van der Waals surface area contributed by atoms with E-state index in [1.54, 1.807) is 7.11 Å². The third-order valence-corrected chi connectivity index (χ3v) is 2.95. The lowest BCUT2D eigenvalue weighted by atomic mass is 9.95. The predicted octanol–water partition coefficient (Wildman–Crippen LogP) is 2.88. The van der Waals surface area contributed by atoms with E-state index in [2.05, 4.69) is 13.8 Å². The number of benzene rings is 1. The summed E-state index contributed by atoms with van der Waals surface area (Å²) in [6, 6.07) is 7.81. The number of rotatable bonds is 5. The fourth-order valence-electron chi connectivity index (χ4n) is 1.99. The molecular weight excluding hydrogens is 222 g/mol. The number of hydrogen-bond donors (Lipinski definition) is 1. The summed E-state index contributed by atoms with van der Waals surface area (Å²) in [5.74, 6) is 0.416. The second-order valence-corrected chi connectivity index (χ2v) is 4.88. The maximum absolute atomic E-state index is 6.14. The first kappa shape index (κ1) is 13.5. The monoisotopic (exact) mass is 241 g/mol. The second-order valence-electron chi connectivity index (χ2n) is 4.44. The van der Waals surface area contributed by atoms with Gasteiger partial charge < -0.3 is 10.5 Å². The molecule has 1 aromatic rings. The molecule has 0 aliphatic rings. The Morgan fingerprint density at radius 2 is 2.06 bits per heavy atom. The van der Waals surface area contributed by atoms with Crippen LogP contribution in [0.3, 0.4) is 0 Å². The van der Waals surface area contributed by atoms with Gasteiger partial charge in [-0.2, -0.15) is 0 Å². The van der Waals surface area contributed by atoms with E-state index < -0.39 is 0 Å². The minimum Gasteiger partial charge on any atom is -0.380 e. The van der Waals surface area contributed by atoms with Crippen molar-refractivity contribution in [3.8, 4) is 0 Å². The molecule has 0 fully saturated rings. The van der Waals surface area contributed by atoms with Crippen LogP contribution >= 0.6 is 11.6 Å². The van der Waals surface area contributed by atoms with Crippen LogP contribution in [0.2, 0.25) is 5.02 Å². The molecule has 0 saturated carbocycles. The lowest BCUT2D eigenvalue weighted by Gasteiger charge is -2.26. The first-order chi connectivity index (χ1) is 7.54. The Labute approximate surface area is 103 Å². The fourth-order valence-corrected chi connectivity index (χ4v) is 2.21. The summed E-state index contributed by atoms with van der Waals surface area (Å²) >= 11 is 5.93. The van der Waals surface area contributed by atoms with E-state index in [4.69, 9.17) is 22.1 Å². The van der Waals surface area contributed by atoms with Crippen molar-refractivity contribution in [1.82, 2.24) is 0 Å². The van der Waals surface area contributed by atoms with Crippen molar-refractivity contribution in [2.75, 3.05) is 7.11 Å². The number of nitrogens with two attached hydrogens (primary N) is 1. The van der Waals surface area contributed by atoms with Gasteiger partial charge in [0.15, 0.2) is 0 Å². The Hall–Kier alpha value is -0.570. The minimum absolute atomic E-state index is 0.00321. The van der Waals surface area contributed by atoms with Crippen LogP contribution in [0.1, 0.15) is 19.4 Å². The molecule has 3 heteroatoms. The smallest absolute Gasteiger partial charge is 0.0748 e. The number of ether oxygens (including phenoxy) is 1. The van der Waals surface area contributed by atoms with E-state index in [-0.39, 0.29) is 12.1 Å². The van der Waals surface area contributed by atoms with Gasteiger partial charge >= 0.3 is 0 Å². The lowest BCUT2D eigenvalue weighted by Crippen LogP contribution is -2.41. The Morgan fingerprint density at radius 3 is 2.56 bits per heavy atom. The maximum atomic E-state index is 6.14. The molecule has 1 rings (SSSR count). The van der Waals surface area contributed by atoms with Crippen LogP contribution in [0.4, 0.5) is 0 Å². The quantitative estimate of drug-likeness (QED) is 0.861. The van der Waals surface area contributed by atoms with Gasteiger partial charge in [0.1, 0.15) is 0 Å². The summed E-state index contributed by atoms with van der Waals surface area (Å²) in [4.78, 5) is 0. The fraction of sp³-hybridized carbons (Fsp3) is 0.538. The molecule has 0 bridgehead atoms. The zero-order valence-corrected chi connectivity index (χ0v) is 10.9. The number of halogens is 1. The van der Waals surface area contributed by atoms with Crippen molar-refractivity contribution >= 4 is 11.6 Å². The van der Waals surface area contributed by atoms with E-state index in [0.717, 1.165) is 17.0 Å². The van der Waals surface area contributed by atoms with Crippen LogP contribution in [0.25, 0.3) is 0 Å². The molecule has 0 heterocycles. The lowest BCUT2D eigenvalue weighted by molar-refractivity contribution is 0.0441. The molecule has 16 heavy (non-hydrogen) atoms. The van der Waals surface area contributed by atoms with Gasteiger partial charge in [-0.25, -0.2) is 0 Å². The zero-order valence-electron chi connectivity index (χ0n) is 10.1. The normalized spacial score (nSPS) is 15.1. The molecule has 2 unspecified atom stereocenters. The van der Waals surface area contributed by atoms with E-state index >= 15 is 0 Å². The molecule has 2 atom stereocenters. The predicted molar refractivity (Wildman–Crippen MR) is 68.8 cm³/mol. The summed E-state index contributed by atoms with van der Waals surface area (Å²) in [5.41, 5.74) is 7.30. The van der Waals surface area contributed by atoms with Gasteiger partial charge in [-0.15, -0.1) is 0 Å². The van der Waals surface area contributed by atoms with Gasteiger partial charge in [0.25, 0.3) is 0 Å². The van der Waals surface area contributed by atoms with Crippen molar-refractivity contribution in [3.63, 3.8) is 0 Å². The molecule has 0 saturated heterocycles. The Kier molecular flexibility index (Phi) is 5.26. The SMILES string of the molecule is COC(C(C)C)C(N)Cc1cccc(Cl)c1. The van der Waals surface area contributed by atoms with Crippen molar-refractivity contribution in [2.45, 2.75) is 32.4 Å². The summed E-state index contributed by atoms with van der Waals surface area (Å²) in [5, 5.41) is 0.753. The third kappa shape index (κ3) is 3.78. The van der Waals surface area contributed by atoms with E-state index in [0.29, 0.717) is 5.92 Å². The molecule has 2 N–H and O–H groups in total. The molecular formula is C13H20ClNO. The van der Waals surface area contributed by atoms with Crippen LogP contribution in [-0.4, -0.2) is 19.3 Å². The van der Waals surface area contributed by atoms with Crippen molar-refractivity contribution in [1.29, 1.82) is 0 Å². The van der Waals surface area contributed by atoms with Crippen LogP contribution in [-0.2, 0) is 11.2 Å². The van der Waals surface area contributed by atoms with Gasteiger partial charge in [0.2, 0.25) is 0 Å². The van der Waals surface area contributed by atoms with E-state index in [1.165, 1.54) is 0 Å². The van der Waals surface area contributed by atoms with E-state index in [1.807, 2.05) is 24.3 Å². The van der Waals surface area contributed by atoms with Crippen LogP contribution in [0, 0.1) is 5.92 Å².